The van der Waals surface area contributed by atoms with Crippen molar-refractivity contribution in [1.29, 1.82) is 0 Å². The molecule has 0 unspecified atom stereocenters. The summed E-state index contributed by atoms with van der Waals surface area (Å²) in [6.45, 7) is 0.107. The predicted octanol–water partition coefficient (Wildman–Crippen LogP) is 5.43. The van der Waals surface area contributed by atoms with Crippen molar-refractivity contribution < 1.29 is 19.1 Å². The third-order valence-electron chi connectivity index (χ3n) is 4.68. The van der Waals surface area contributed by atoms with Crippen molar-refractivity contribution in [3.8, 4) is 5.75 Å². The van der Waals surface area contributed by atoms with Crippen molar-refractivity contribution in [3.05, 3.63) is 118 Å². The maximum absolute atomic E-state index is 12.8. The van der Waals surface area contributed by atoms with E-state index in [1.54, 1.807) is 37.4 Å². The Hall–Kier alpha value is -4.55. The monoisotopic (exact) mass is 442 g/mol. The molecule has 0 radical (unpaired) electrons. The molecule has 0 aromatic heterocycles. The van der Waals surface area contributed by atoms with Crippen LogP contribution in [0, 0.1) is 0 Å². The minimum atomic E-state index is -0.518. The molecule has 3 aromatic rings. The number of carbonyl (C=O) groups excluding carboxylic acids is 2. The summed E-state index contributed by atoms with van der Waals surface area (Å²) in [7, 11) is 1.58. The lowest BCUT2D eigenvalue weighted by Crippen LogP contribution is -2.16. The van der Waals surface area contributed by atoms with Crippen LogP contribution in [0.4, 0.5) is 5.69 Å². The summed E-state index contributed by atoms with van der Waals surface area (Å²) in [5.74, 6) is -0.235. The number of hydrogen-bond donors (Lipinski definition) is 1. The maximum atomic E-state index is 12.8. The normalized spacial score (nSPS) is 10.6. The molecule has 0 saturated heterocycles. The van der Waals surface area contributed by atoms with Crippen LogP contribution in [-0.2, 0) is 22.6 Å². The maximum Gasteiger partial charge on any atom is 0.338 e. The fraction of sp³-hybridized carbons (Fsp3) is 0.120. The number of esters is 1. The van der Waals surface area contributed by atoms with Gasteiger partial charge < -0.3 is 14.8 Å². The zero-order valence-corrected chi connectivity index (χ0v) is 18.0. The Morgan fingerprint density at radius 1 is 1.00 bits per heavy atom. The third-order valence-corrected chi connectivity index (χ3v) is 4.68. The van der Waals surface area contributed by atoms with Crippen LogP contribution in [-0.4, -0.2) is 19.0 Å². The summed E-state index contributed by atoms with van der Waals surface area (Å²) in [5, 5.41) is 6.16. The number of benzene rings is 3. The first-order valence-corrected chi connectivity index (χ1v) is 10.1. The molecule has 3 aromatic carbocycles. The first kappa shape index (κ1) is 23.1. The van der Waals surface area contributed by atoms with Gasteiger partial charge in [0.15, 0.2) is 0 Å². The number of carbonyl (C=O) groups is 2. The standard InChI is InChI=1S/C25H22N4O4/c1-32-23-12-10-19(11-13-23)17-33-25(31)20-8-5-9-22(15-20)28-24(30)21(16-27-29-26)14-18-6-3-2-4-7-18/h2-13,15-16H,14,17H2,1H3,(H,28,30). The molecule has 8 nitrogen and oxygen atoms in total. The first-order chi connectivity index (χ1) is 16.1. The number of ether oxygens (including phenoxy) is 2. The number of azide groups is 1. The van der Waals surface area contributed by atoms with Gasteiger partial charge in [0.1, 0.15) is 12.4 Å². The third kappa shape index (κ3) is 6.99. The average molecular weight is 442 g/mol. The second-order valence-corrected chi connectivity index (χ2v) is 6.98. The van der Waals surface area contributed by atoms with Crippen LogP contribution in [0.2, 0.25) is 0 Å². The average Bonchev–Trinajstić information content (AvgIpc) is 2.86. The van der Waals surface area contributed by atoms with Crippen molar-refractivity contribution >= 4 is 17.6 Å². The van der Waals surface area contributed by atoms with Crippen molar-refractivity contribution in [2.24, 2.45) is 5.11 Å². The van der Waals surface area contributed by atoms with E-state index in [1.165, 1.54) is 12.3 Å². The van der Waals surface area contributed by atoms with E-state index in [9.17, 15) is 9.59 Å². The molecule has 0 aliphatic rings. The fourth-order valence-electron chi connectivity index (χ4n) is 2.99. The second-order valence-electron chi connectivity index (χ2n) is 6.98. The van der Waals surface area contributed by atoms with E-state index >= 15 is 0 Å². The molecular weight excluding hydrogens is 420 g/mol. The highest BCUT2D eigenvalue weighted by Crippen LogP contribution is 2.17. The Morgan fingerprint density at radius 3 is 2.45 bits per heavy atom. The molecule has 0 heterocycles. The molecule has 33 heavy (non-hydrogen) atoms. The Kier molecular flexibility index (Phi) is 8.22. The van der Waals surface area contributed by atoms with Crippen molar-refractivity contribution in [3.63, 3.8) is 0 Å². The SMILES string of the molecule is COc1ccc(COC(=O)c2cccc(NC(=O)C(=CN=[N+]=[N-])Cc3ccccc3)c2)cc1. The van der Waals surface area contributed by atoms with E-state index in [-0.39, 0.29) is 18.6 Å². The molecule has 8 heteroatoms. The minimum Gasteiger partial charge on any atom is -0.497 e. The molecule has 0 aliphatic heterocycles. The van der Waals surface area contributed by atoms with Crippen LogP contribution in [0.1, 0.15) is 21.5 Å². The predicted molar refractivity (Wildman–Crippen MR) is 125 cm³/mol. The number of nitrogens with zero attached hydrogens (tertiary/aromatic N) is 3. The highest BCUT2D eigenvalue weighted by Gasteiger charge is 2.13. The van der Waals surface area contributed by atoms with E-state index < -0.39 is 11.9 Å². The molecule has 3 rings (SSSR count). The van der Waals surface area contributed by atoms with Gasteiger partial charge in [0.25, 0.3) is 5.91 Å². The Morgan fingerprint density at radius 2 is 1.76 bits per heavy atom. The lowest BCUT2D eigenvalue weighted by Gasteiger charge is -2.10. The number of amides is 1. The Labute approximate surface area is 191 Å². The van der Waals surface area contributed by atoms with Gasteiger partial charge in [0.05, 0.1) is 12.7 Å². The van der Waals surface area contributed by atoms with E-state index in [4.69, 9.17) is 15.0 Å². The number of methoxy groups -OCH3 is 1. The molecule has 0 spiro atoms. The van der Waals surface area contributed by atoms with Gasteiger partial charge in [-0.25, -0.2) is 4.79 Å². The van der Waals surface area contributed by atoms with Gasteiger partial charge in [-0.05, 0) is 47.0 Å². The lowest BCUT2D eigenvalue weighted by molar-refractivity contribution is -0.112. The van der Waals surface area contributed by atoms with E-state index in [0.29, 0.717) is 11.3 Å². The van der Waals surface area contributed by atoms with Crippen LogP contribution < -0.4 is 10.1 Å². The summed E-state index contributed by atoms with van der Waals surface area (Å²) < 4.78 is 10.5. The van der Waals surface area contributed by atoms with Gasteiger partial charge in [0, 0.05) is 28.8 Å². The highest BCUT2D eigenvalue weighted by atomic mass is 16.5. The van der Waals surface area contributed by atoms with Crippen molar-refractivity contribution in [2.45, 2.75) is 13.0 Å². The quantitative estimate of drug-likeness (QED) is 0.156. The summed E-state index contributed by atoms with van der Waals surface area (Å²) in [4.78, 5) is 27.9. The minimum absolute atomic E-state index is 0.107. The molecule has 0 saturated carbocycles. The van der Waals surface area contributed by atoms with E-state index in [2.05, 4.69) is 15.3 Å². The number of hydrogen-bond acceptors (Lipinski definition) is 5. The summed E-state index contributed by atoms with van der Waals surface area (Å²) >= 11 is 0. The topological polar surface area (TPSA) is 113 Å². The molecule has 166 valence electrons. The fourth-order valence-corrected chi connectivity index (χ4v) is 2.99. The largest absolute Gasteiger partial charge is 0.497 e. The van der Waals surface area contributed by atoms with Gasteiger partial charge in [0.2, 0.25) is 0 Å². The molecule has 0 fully saturated rings. The summed E-state index contributed by atoms with van der Waals surface area (Å²) in [6.07, 6.45) is 1.48. The van der Waals surface area contributed by atoms with Crippen LogP contribution in [0.25, 0.3) is 10.4 Å². The number of nitrogens with one attached hydrogen (secondary N) is 1. The Balaban J connectivity index is 1.66. The molecule has 0 aliphatic carbocycles. The summed E-state index contributed by atoms with van der Waals surface area (Å²) in [5.41, 5.74) is 11.3. The van der Waals surface area contributed by atoms with Gasteiger partial charge in [-0.15, -0.1) is 0 Å². The zero-order valence-electron chi connectivity index (χ0n) is 18.0. The van der Waals surface area contributed by atoms with E-state index in [0.717, 1.165) is 16.9 Å². The van der Waals surface area contributed by atoms with Crippen LogP contribution in [0.5, 0.6) is 5.75 Å². The molecule has 1 N–H and O–H groups in total. The van der Waals surface area contributed by atoms with Gasteiger partial charge >= 0.3 is 5.97 Å². The molecule has 0 atom stereocenters. The zero-order chi connectivity index (χ0) is 23.5. The van der Waals surface area contributed by atoms with Gasteiger partial charge in [-0.2, -0.15) is 0 Å². The first-order valence-electron chi connectivity index (χ1n) is 10.1. The molecular formula is C25H22N4O4. The van der Waals surface area contributed by atoms with E-state index in [1.807, 2.05) is 42.5 Å². The number of anilines is 1. The van der Waals surface area contributed by atoms with Crippen molar-refractivity contribution in [2.75, 3.05) is 12.4 Å². The van der Waals surface area contributed by atoms with Crippen LogP contribution in [0.15, 0.2) is 95.8 Å². The van der Waals surface area contributed by atoms with Gasteiger partial charge in [-0.3, -0.25) is 4.79 Å². The smallest absolute Gasteiger partial charge is 0.338 e. The lowest BCUT2D eigenvalue weighted by atomic mass is 10.1. The van der Waals surface area contributed by atoms with Crippen molar-refractivity contribution in [1.82, 2.24) is 0 Å². The number of rotatable bonds is 9. The van der Waals surface area contributed by atoms with Crippen LogP contribution in [0.3, 0.4) is 0 Å². The molecule has 1 amide bonds. The summed E-state index contributed by atoms with van der Waals surface area (Å²) in [6, 6.07) is 23.0. The highest BCUT2D eigenvalue weighted by molar-refractivity contribution is 6.04. The van der Waals surface area contributed by atoms with Gasteiger partial charge in [-0.1, -0.05) is 53.6 Å². The second kappa shape index (κ2) is 11.7. The van der Waals surface area contributed by atoms with Crippen LogP contribution >= 0.6 is 0 Å². The Bertz CT molecular complexity index is 1180. The molecule has 0 bridgehead atoms.